The summed E-state index contributed by atoms with van der Waals surface area (Å²) in [6.07, 6.45) is 0.565. The van der Waals surface area contributed by atoms with Gasteiger partial charge in [0.25, 0.3) is 5.56 Å². The van der Waals surface area contributed by atoms with Gasteiger partial charge in [-0.05, 0) is 48.4 Å². The Bertz CT molecular complexity index is 1540. The van der Waals surface area contributed by atoms with Crippen LogP contribution in [0.2, 0.25) is 5.02 Å². The van der Waals surface area contributed by atoms with Crippen LogP contribution in [-0.4, -0.2) is 19.3 Å². The van der Waals surface area contributed by atoms with E-state index in [-0.39, 0.29) is 24.5 Å². The Morgan fingerprint density at radius 2 is 1.58 bits per heavy atom. The molecule has 0 aliphatic heterocycles. The molecule has 33 heavy (non-hydrogen) atoms. The van der Waals surface area contributed by atoms with Crippen LogP contribution in [0.3, 0.4) is 0 Å². The van der Waals surface area contributed by atoms with Crippen molar-refractivity contribution in [1.29, 1.82) is 0 Å². The Morgan fingerprint density at radius 1 is 0.848 bits per heavy atom. The van der Waals surface area contributed by atoms with E-state index in [0.29, 0.717) is 28.2 Å². The molecule has 0 bridgehead atoms. The Hall–Kier alpha value is -3.97. The third kappa shape index (κ3) is 4.23. The van der Waals surface area contributed by atoms with Crippen molar-refractivity contribution in [2.75, 3.05) is 0 Å². The van der Waals surface area contributed by atoms with Crippen LogP contribution in [0.25, 0.3) is 22.3 Å². The molecule has 0 radical (unpaired) electrons. The van der Waals surface area contributed by atoms with Crippen molar-refractivity contribution in [2.45, 2.75) is 19.5 Å². The molecule has 8 heteroatoms. The first-order valence-corrected chi connectivity index (χ1v) is 10.8. The predicted octanol–water partition coefficient (Wildman–Crippen LogP) is 4.16. The van der Waals surface area contributed by atoms with E-state index in [1.54, 1.807) is 48.5 Å². The SMILES string of the molecule is O=c1c2ccccc2n(Cc2nc(-c3ccc(Cl)cc3)no2)c(=O)n1CCc1ccccc1. The van der Waals surface area contributed by atoms with Gasteiger partial charge < -0.3 is 4.52 Å². The minimum absolute atomic E-state index is 0.0472. The highest BCUT2D eigenvalue weighted by molar-refractivity contribution is 6.30. The molecule has 0 aliphatic carbocycles. The predicted molar refractivity (Wildman–Crippen MR) is 126 cm³/mol. The molecule has 3 aromatic carbocycles. The van der Waals surface area contributed by atoms with E-state index in [2.05, 4.69) is 10.1 Å². The number of benzene rings is 3. The second-order valence-electron chi connectivity index (χ2n) is 7.60. The van der Waals surface area contributed by atoms with Gasteiger partial charge >= 0.3 is 5.69 Å². The molecule has 0 aliphatic rings. The van der Waals surface area contributed by atoms with Crippen molar-refractivity contribution in [1.82, 2.24) is 19.3 Å². The number of aromatic nitrogens is 4. The summed E-state index contributed by atoms with van der Waals surface area (Å²) in [6, 6.07) is 23.9. The lowest BCUT2D eigenvalue weighted by Gasteiger charge is -2.12. The van der Waals surface area contributed by atoms with Crippen LogP contribution in [0.1, 0.15) is 11.5 Å². The first kappa shape index (κ1) is 20.9. The average molecular weight is 459 g/mol. The summed E-state index contributed by atoms with van der Waals surface area (Å²) in [5.41, 5.74) is 1.60. The molecule has 5 aromatic rings. The van der Waals surface area contributed by atoms with Crippen molar-refractivity contribution in [2.24, 2.45) is 0 Å². The number of fused-ring (bicyclic) bond motifs is 1. The normalized spacial score (nSPS) is 11.2. The summed E-state index contributed by atoms with van der Waals surface area (Å²) < 4.78 is 8.19. The minimum atomic E-state index is -0.416. The van der Waals surface area contributed by atoms with E-state index in [0.717, 1.165) is 11.1 Å². The molecular formula is C25H19ClN4O3. The smallest absolute Gasteiger partial charge is 0.331 e. The number of para-hydroxylation sites is 1. The third-order valence-corrected chi connectivity index (χ3v) is 5.71. The van der Waals surface area contributed by atoms with Crippen molar-refractivity contribution >= 4 is 22.5 Å². The maximum atomic E-state index is 13.4. The number of hydrogen-bond acceptors (Lipinski definition) is 5. The quantitative estimate of drug-likeness (QED) is 0.381. The van der Waals surface area contributed by atoms with E-state index in [9.17, 15) is 9.59 Å². The van der Waals surface area contributed by atoms with Crippen LogP contribution in [0.15, 0.2) is 93.0 Å². The molecule has 0 spiro atoms. The van der Waals surface area contributed by atoms with Crippen molar-refractivity contribution in [3.8, 4) is 11.4 Å². The van der Waals surface area contributed by atoms with Gasteiger partial charge in [0.05, 0.1) is 10.9 Å². The van der Waals surface area contributed by atoms with Gasteiger partial charge in [0.15, 0.2) is 0 Å². The highest BCUT2D eigenvalue weighted by Gasteiger charge is 2.16. The molecule has 0 amide bonds. The fraction of sp³-hybridized carbons (Fsp3) is 0.120. The van der Waals surface area contributed by atoms with Crippen LogP contribution in [0.5, 0.6) is 0 Å². The lowest BCUT2D eigenvalue weighted by molar-refractivity contribution is 0.369. The van der Waals surface area contributed by atoms with E-state index in [1.807, 2.05) is 30.3 Å². The molecule has 0 saturated heterocycles. The number of hydrogen-bond donors (Lipinski definition) is 0. The summed E-state index contributed by atoms with van der Waals surface area (Å²) >= 11 is 5.95. The Balaban J connectivity index is 1.53. The zero-order valence-corrected chi connectivity index (χ0v) is 18.3. The fourth-order valence-corrected chi connectivity index (χ4v) is 3.90. The van der Waals surface area contributed by atoms with E-state index < -0.39 is 5.69 Å². The number of aryl methyl sites for hydroxylation is 1. The van der Waals surface area contributed by atoms with Crippen LogP contribution in [0.4, 0.5) is 0 Å². The van der Waals surface area contributed by atoms with Crippen LogP contribution < -0.4 is 11.2 Å². The van der Waals surface area contributed by atoms with Gasteiger partial charge in [-0.1, -0.05) is 59.2 Å². The zero-order valence-electron chi connectivity index (χ0n) is 17.5. The topological polar surface area (TPSA) is 82.9 Å². The summed E-state index contributed by atoms with van der Waals surface area (Å²) in [5.74, 6) is 0.664. The van der Waals surface area contributed by atoms with Crippen LogP contribution in [-0.2, 0) is 19.5 Å². The van der Waals surface area contributed by atoms with Gasteiger partial charge in [-0.15, -0.1) is 0 Å². The molecule has 2 heterocycles. The molecule has 7 nitrogen and oxygen atoms in total. The molecule has 0 saturated carbocycles. The van der Waals surface area contributed by atoms with Crippen LogP contribution in [0, 0.1) is 0 Å². The van der Waals surface area contributed by atoms with E-state index in [4.69, 9.17) is 16.1 Å². The number of halogens is 1. The standard InChI is InChI=1S/C25H19ClN4O3/c26-19-12-10-18(11-13-19)23-27-22(33-28-23)16-30-21-9-5-4-8-20(21)24(31)29(25(30)32)15-14-17-6-2-1-3-7-17/h1-13H,14-16H2. The summed E-state index contributed by atoms with van der Waals surface area (Å²) in [5, 5.41) is 5.10. The molecule has 0 fully saturated rings. The molecule has 2 aromatic heterocycles. The van der Waals surface area contributed by atoms with Gasteiger partial charge in [-0.3, -0.25) is 13.9 Å². The minimum Gasteiger partial charge on any atom is -0.337 e. The number of rotatable bonds is 6. The van der Waals surface area contributed by atoms with Gasteiger partial charge in [0.2, 0.25) is 11.7 Å². The summed E-state index contributed by atoms with van der Waals surface area (Å²) in [4.78, 5) is 30.9. The molecule has 164 valence electrons. The van der Waals surface area contributed by atoms with Crippen molar-refractivity contribution in [3.63, 3.8) is 0 Å². The third-order valence-electron chi connectivity index (χ3n) is 5.46. The Labute approximate surface area is 193 Å². The molecule has 0 N–H and O–H groups in total. The lowest BCUT2D eigenvalue weighted by atomic mass is 10.1. The molecule has 0 unspecified atom stereocenters. The Morgan fingerprint density at radius 3 is 2.36 bits per heavy atom. The summed E-state index contributed by atoms with van der Waals surface area (Å²) in [6.45, 7) is 0.317. The highest BCUT2D eigenvalue weighted by Crippen LogP contribution is 2.19. The monoisotopic (exact) mass is 458 g/mol. The van der Waals surface area contributed by atoms with Crippen molar-refractivity contribution in [3.05, 3.63) is 116 Å². The maximum Gasteiger partial charge on any atom is 0.331 e. The second kappa shape index (κ2) is 8.88. The van der Waals surface area contributed by atoms with E-state index in [1.165, 1.54) is 9.13 Å². The molecule has 5 rings (SSSR count). The van der Waals surface area contributed by atoms with Gasteiger partial charge in [-0.2, -0.15) is 4.98 Å². The maximum absolute atomic E-state index is 13.4. The first-order chi connectivity index (χ1) is 16.1. The first-order valence-electron chi connectivity index (χ1n) is 10.4. The summed E-state index contributed by atoms with van der Waals surface area (Å²) in [7, 11) is 0. The van der Waals surface area contributed by atoms with Crippen LogP contribution >= 0.6 is 11.6 Å². The average Bonchev–Trinajstić information content (AvgIpc) is 3.31. The Kier molecular flexibility index (Phi) is 5.62. The van der Waals surface area contributed by atoms with Gasteiger partial charge in [-0.25, -0.2) is 4.79 Å². The van der Waals surface area contributed by atoms with Gasteiger partial charge in [0, 0.05) is 17.1 Å². The lowest BCUT2D eigenvalue weighted by Crippen LogP contribution is -2.40. The zero-order chi connectivity index (χ0) is 22.8. The number of nitrogens with zero attached hydrogens (tertiary/aromatic N) is 4. The largest absolute Gasteiger partial charge is 0.337 e. The van der Waals surface area contributed by atoms with Crippen molar-refractivity contribution < 1.29 is 4.52 Å². The highest BCUT2D eigenvalue weighted by atomic mass is 35.5. The molecular weight excluding hydrogens is 440 g/mol. The van der Waals surface area contributed by atoms with E-state index >= 15 is 0 Å². The molecule has 0 atom stereocenters. The van der Waals surface area contributed by atoms with Gasteiger partial charge in [0.1, 0.15) is 6.54 Å². The fourth-order valence-electron chi connectivity index (χ4n) is 3.78. The second-order valence-corrected chi connectivity index (χ2v) is 8.03.